The molecule has 0 saturated heterocycles. The molecule has 28 heavy (non-hydrogen) atoms. The lowest BCUT2D eigenvalue weighted by Crippen LogP contribution is -2.17. The number of nitrogens with zero attached hydrogens (tertiary/aromatic N) is 1. The number of rotatable bonds is 5. The van der Waals surface area contributed by atoms with Crippen molar-refractivity contribution in [1.82, 2.24) is 4.57 Å². The van der Waals surface area contributed by atoms with Crippen LogP contribution in [-0.4, -0.2) is 26.5 Å². The van der Waals surface area contributed by atoms with Crippen LogP contribution in [0.3, 0.4) is 0 Å². The Hall–Kier alpha value is -3.81. The highest BCUT2D eigenvalue weighted by Gasteiger charge is 2.17. The Morgan fingerprint density at radius 1 is 1.00 bits per heavy atom. The molecule has 2 N–H and O–H groups in total. The van der Waals surface area contributed by atoms with Crippen LogP contribution in [0.25, 0.3) is 16.7 Å². The van der Waals surface area contributed by atoms with Gasteiger partial charge < -0.3 is 14.8 Å². The molecule has 3 aromatic rings. The van der Waals surface area contributed by atoms with Gasteiger partial charge >= 0.3 is 5.97 Å². The van der Waals surface area contributed by atoms with Crippen molar-refractivity contribution in [2.45, 2.75) is 6.54 Å². The molecule has 0 bridgehead atoms. The van der Waals surface area contributed by atoms with Crippen LogP contribution in [0.2, 0.25) is 0 Å². The van der Waals surface area contributed by atoms with Gasteiger partial charge in [0.1, 0.15) is 17.4 Å². The number of aliphatic hydroxyl groups is 1. The maximum absolute atomic E-state index is 14.0. The minimum Gasteiger partial charge on any atom is -0.507 e. The molecule has 6 nitrogen and oxygen atoms in total. The first-order valence-corrected chi connectivity index (χ1v) is 8.03. The van der Waals surface area contributed by atoms with Crippen LogP contribution in [0.1, 0.15) is 11.1 Å². The predicted molar refractivity (Wildman–Crippen MR) is 96.9 cm³/mol. The molecule has 0 amide bonds. The third kappa shape index (κ3) is 3.52. The molecule has 0 fully saturated rings. The topological polar surface area (TPSA) is 96.6 Å². The van der Waals surface area contributed by atoms with E-state index in [1.54, 1.807) is 18.2 Å². The van der Waals surface area contributed by atoms with E-state index in [4.69, 9.17) is 5.11 Å². The number of halogens is 2. The summed E-state index contributed by atoms with van der Waals surface area (Å²) in [6.45, 7) is -0.299. The Kier molecular flexibility index (Phi) is 5.04. The minimum atomic E-state index is -1.80. The highest BCUT2D eigenvalue weighted by molar-refractivity contribution is 6.38. The quantitative estimate of drug-likeness (QED) is 0.400. The molecule has 2 aromatic carbocycles. The maximum Gasteiger partial charge on any atom is 0.376 e. The Morgan fingerprint density at radius 2 is 1.64 bits per heavy atom. The largest absolute Gasteiger partial charge is 0.507 e. The fraction of sp³-hybridized carbons (Fsp3) is 0.0500. The number of aliphatic hydroxyl groups excluding tert-OH is 1. The average Bonchev–Trinajstić information content (AvgIpc) is 2.66. The molecule has 1 aromatic heterocycles. The number of benzene rings is 2. The van der Waals surface area contributed by atoms with Gasteiger partial charge in [-0.15, -0.1) is 0 Å². The van der Waals surface area contributed by atoms with E-state index in [9.17, 15) is 28.3 Å². The maximum atomic E-state index is 14.0. The van der Waals surface area contributed by atoms with Crippen molar-refractivity contribution in [2.75, 3.05) is 0 Å². The molecule has 0 aliphatic rings. The number of pyridine rings is 1. The number of aromatic nitrogens is 1. The number of ketones is 1. The van der Waals surface area contributed by atoms with Crippen molar-refractivity contribution in [3.8, 4) is 0 Å². The van der Waals surface area contributed by atoms with E-state index < -0.39 is 34.6 Å². The molecule has 142 valence electrons. The number of fused-ring (bicyclic) bond motifs is 1. The van der Waals surface area contributed by atoms with Crippen molar-refractivity contribution in [3.05, 3.63) is 87.7 Å². The lowest BCUT2D eigenvalue weighted by molar-refractivity contribution is -0.146. The molecule has 0 unspecified atom stereocenters. The van der Waals surface area contributed by atoms with Gasteiger partial charge in [-0.05, 0) is 24.3 Å². The summed E-state index contributed by atoms with van der Waals surface area (Å²) in [7, 11) is 0. The monoisotopic (exact) mass is 385 g/mol. The highest BCUT2D eigenvalue weighted by Crippen LogP contribution is 2.20. The van der Waals surface area contributed by atoms with E-state index in [0.29, 0.717) is 11.6 Å². The molecular weight excluding hydrogens is 372 g/mol. The number of carbonyl (C=O) groups is 2. The summed E-state index contributed by atoms with van der Waals surface area (Å²) in [5.74, 6) is -5.65. The Labute approximate surface area is 156 Å². The third-order valence-corrected chi connectivity index (χ3v) is 4.13. The van der Waals surface area contributed by atoms with E-state index in [1.807, 2.05) is 0 Å². The lowest BCUT2D eigenvalue weighted by Gasteiger charge is -2.14. The van der Waals surface area contributed by atoms with Gasteiger partial charge in [0.25, 0.3) is 5.78 Å². The number of hydrogen-bond donors (Lipinski definition) is 2. The zero-order valence-electron chi connectivity index (χ0n) is 14.2. The summed E-state index contributed by atoms with van der Waals surface area (Å²) in [6, 6.07) is 9.59. The van der Waals surface area contributed by atoms with Crippen LogP contribution in [0, 0.1) is 11.6 Å². The Morgan fingerprint density at radius 3 is 2.29 bits per heavy atom. The fourth-order valence-corrected chi connectivity index (χ4v) is 2.78. The first-order chi connectivity index (χ1) is 13.3. The highest BCUT2D eigenvalue weighted by atomic mass is 19.1. The summed E-state index contributed by atoms with van der Waals surface area (Å²) in [5.41, 5.74) is -0.943. The van der Waals surface area contributed by atoms with Gasteiger partial charge in [0, 0.05) is 23.2 Å². The van der Waals surface area contributed by atoms with Gasteiger partial charge in [-0.2, -0.15) is 0 Å². The molecule has 8 heteroatoms. The number of aliphatic carboxylic acids is 1. The first kappa shape index (κ1) is 19.0. The van der Waals surface area contributed by atoms with E-state index in [1.165, 1.54) is 16.7 Å². The number of carboxylic acids is 1. The van der Waals surface area contributed by atoms with Crippen molar-refractivity contribution < 1.29 is 28.6 Å². The second-order valence-electron chi connectivity index (χ2n) is 5.92. The molecule has 3 rings (SSSR count). The normalized spacial score (nSPS) is 11.6. The average molecular weight is 385 g/mol. The molecule has 0 atom stereocenters. The summed E-state index contributed by atoms with van der Waals surface area (Å²) in [6.07, 6.45) is 1.53. The molecule has 0 aliphatic carbocycles. The molecule has 1 heterocycles. The van der Waals surface area contributed by atoms with Gasteiger partial charge in [-0.1, -0.05) is 18.2 Å². The van der Waals surface area contributed by atoms with Gasteiger partial charge in [-0.25, -0.2) is 13.6 Å². The SMILES string of the molecule is O=C(O)C(=O)/C=C(\O)c1cn(Cc2c(F)cccc2F)c2ccccc2c1=O. The Bertz CT molecular complexity index is 1180. The molecule has 0 aliphatic heterocycles. The summed E-state index contributed by atoms with van der Waals surface area (Å²) < 4.78 is 29.4. The zero-order chi connectivity index (χ0) is 20.4. The summed E-state index contributed by atoms with van der Waals surface area (Å²) in [4.78, 5) is 34.6. The summed E-state index contributed by atoms with van der Waals surface area (Å²) in [5, 5.41) is 18.9. The second-order valence-corrected chi connectivity index (χ2v) is 5.92. The molecule has 0 saturated carbocycles. The molecule has 0 radical (unpaired) electrons. The van der Waals surface area contributed by atoms with Gasteiger partial charge in [0.2, 0.25) is 0 Å². The van der Waals surface area contributed by atoms with E-state index in [0.717, 1.165) is 18.3 Å². The van der Waals surface area contributed by atoms with Gasteiger partial charge in [0.15, 0.2) is 5.43 Å². The van der Waals surface area contributed by atoms with Crippen LogP contribution in [0.15, 0.2) is 59.5 Å². The van der Waals surface area contributed by atoms with Gasteiger partial charge in [0.05, 0.1) is 17.6 Å². The van der Waals surface area contributed by atoms with E-state index in [-0.39, 0.29) is 23.1 Å². The van der Waals surface area contributed by atoms with Crippen molar-refractivity contribution in [2.24, 2.45) is 0 Å². The van der Waals surface area contributed by atoms with Crippen molar-refractivity contribution in [1.29, 1.82) is 0 Å². The van der Waals surface area contributed by atoms with E-state index >= 15 is 0 Å². The Balaban J connectivity index is 2.23. The fourth-order valence-electron chi connectivity index (χ4n) is 2.78. The van der Waals surface area contributed by atoms with Crippen molar-refractivity contribution in [3.63, 3.8) is 0 Å². The molecular formula is C20H13F2NO5. The number of hydrogen-bond acceptors (Lipinski definition) is 4. The van der Waals surface area contributed by atoms with Crippen LogP contribution in [0.4, 0.5) is 8.78 Å². The zero-order valence-corrected chi connectivity index (χ0v) is 14.2. The predicted octanol–water partition coefficient (Wildman–Crippen LogP) is 2.88. The number of carboxylic acid groups (broad SMARTS) is 1. The summed E-state index contributed by atoms with van der Waals surface area (Å²) >= 11 is 0. The van der Waals surface area contributed by atoms with Gasteiger partial charge in [-0.3, -0.25) is 9.59 Å². The van der Waals surface area contributed by atoms with Crippen molar-refractivity contribution >= 4 is 28.4 Å². The second kappa shape index (κ2) is 7.43. The molecule has 0 spiro atoms. The standard InChI is InChI=1S/C20H13F2NO5/c21-14-5-3-6-15(22)12(14)9-23-10-13(17(24)8-18(25)20(27)28)19(26)11-4-1-2-7-16(11)23/h1-8,10,24H,9H2,(H,27,28)/b17-8-. The first-order valence-electron chi connectivity index (χ1n) is 8.03. The third-order valence-electron chi connectivity index (χ3n) is 4.13. The van der Waals surface area contributed by atoms with Crippen LogP contribution < -0.4 is 5.43 Å². The number of carbonyl (C=O) groups excluding carboxylic acids is 1. The lowest BCUT2D eigenvalue weighted by atomic mass is 10.1. The van der Waals surface area contributed by atoms with Crippen LogP contribution >= 0.6 is 0 Å². The van der Waals surface area contributed by atoms with Crippen LogP contribution in [0.5, 0.6) is 0 Å². The van der Waals surface area contributed by atoms with Crippen LogP contribution in [-0.2, 0) is 16.1 Å². The smallest absolute Gasteiger partial charge is 0.376 e. The van der Waals surface area contributed by atoms with E-state index in [2.05, 4.69) is 0 Å². The number of para-hydroxylation sites is 1. The minimum absolute atomic E-state index is 0.125.